The van der Waals surface area contributed by atoms with Gasteiger partial charge in [-0.2, -0.15) is 0 Å². The van der Waals surface area contributed by atoms with E-state index in [0.717, 1.165) is 81.3 Å². The van der Waals surface area contributed by atoms with E-state index in [4.69, 9.17) is 302 Å². The standard InChI is InChI=1S/C6H6B4Cl2O4.C6H10O4.C4H8B7O.C4H6B6NO2.C4H8B5ClO.C4H8O3.2C4H10O.C3H7BO2.C3H5ClO.C3H8O2.6C3H6O.C2H2B2ClO2.C2H6.CB6NO.CH4.B7HN.BHO.H2O/c7-9-4(11)5(14)15-2-1-3(13)16-6(12)10-8;1-5(7)9-3-4-10-6(2)8;1-3(12)2-4(10(6)7)11(8)9-5;1-3-2-11(4(12)13-3)10(8-5)9(6)7;1-2-4(3-10)11-9(7)8(5)6;1-4(6)7-3-2-5;1-4(2)3-5;1-3-4(2)5;1-3(5)2-6-4;4-1-3-2-5-3;1-3(5)2-4;5*1-3-2-4-3;1-3(2)4;3-4-1(5)2(6)7;1-2;2-6(3)7(4)5-8-1-9;;1-5-7(4)8-6(2)3;1-2;/h4,6H,1-2H2;3-4H2,1-2H3;3-4,12H,2H2,1H3;3H,2H2,1H3;4H,2-3H2,1H3;5H,2-3H2,1H3;2*4-5H,3H2,1-2H3;3,5H,2H2,1H3;3H,1-2H2;3-5H,2H2,1H3;5*3H,2H2,1H3;4H,1H2,2H3;1H,(H,6,7);1-2H3;;1H4;8H;2H;1H2. The summed E-state index contributed by atoms with van der Waals surface area (Å²) in [6.45, 7) is 42.8. The molecule has 51 radical (unpaired) electrons. The second-order valence-electron chi connectivity index (χ2n) is 30.3. The third-order valence-corrected chi connectivity index (χ3v) is 15.5. The number of carbonyl (C=O) groups excluding carboxylic acids is 7. The van der Waals surface area contributed by atoms with Crippen LogP contribution in [0.5, 0.6) is 0 Å². The van der Waals surface area contributed by atoms with E-state index in [-0.39, 0.29) is 120 Å². The number of nitrogens with zero attached hydrogens (tertiary/aromatic N) is 2. The first-order valence-electron chi connectivity index (χ1n) is 45.7. The lowest BCUT2D eigenvalue weighted by Crippen LogP contribution is -2.57. The highest BCUT2D eigenvalue weighted by Crippen LogP contribution is 2.17. The summed E-state index contributed by atoms with van der Waals surface area (Å²) in [5.74, 6) is -1.90. The number of allylic oxidation sites excluding steroid dienone is 1. The summed E-state index contributed by atoms with van der Waals surface area (Å²) in [4.78, 5) is 86.9. The number of cyclic esters (lactones) is 1. The molecule has 0 aromatic heterocycles. The molecule has 149 heavy (non-hydrogen) atoms. The van der Waals surface area contributed by atoms with Crippen LogP contribution in [0, 0.1) is 5.92 Å². The van der Waals surface area contributed by atoms with Crippen molar-refractivity contribution in [2.75, 3.05) is 111 Å². The maximum absolute atomic E-state index is 11.2. The number of isocyanates is 1. The topological polar surface area (TPSA) is 547 Å². The van der Waals surface area contributed by atoms with E-state index >= 15 is 0 Å². The molecule has 7 fully saturated rings. The maximum atomic E-state index is 11.2. The highest BCUT2D eigenvalue weighted by molar-refractivity contribution is 7.78. The predicted octanol–water partition coefficient (Wildman–Crippen LogP) is -8.07. The van der Waals surface area contributed by atoms with E-state index in [1.807, 2.05) is 41.5 Å². The molecule has 7 aliphatic heterocycles. The molecular formula is C69H138B39Cl5N3O33. The van der Waals surface area contributed by atoms with Crippen molar-refractivity contribution in [1.29, 1.82) is 0 Å². The molecule has 0 aromatic carbocycles. The number of halogens is 5. The summed E-state index contributed by atoms with van der Waals surface area (Å²) in [6.07, 6.45) is 1.82. The van der Waals surface area contributed by atoms with Crippen LogP contribution in [0.25, 0.3) is 0 Å². The molecule has 0 bridgehead atoms. The van der Waals surface area contributed by atoms with Crippen LogP contribution in [-0.4, -0.2) is 595 Å². The number of hydrogen-bond acceptors (Lipinski definition) is 33. The zero-order valence-corrected chi connectivity index (χ0v) is 93.4. The lowest BCUT2D eigenvalue weighted by Gasteiger charge is -2.26. The summed E-state index contributed by atoms with van der Waals surface area (Å²) in [6, 6.07) is 0. The van der Waals surface area contributed by atoms with Gasteiger partial charge in [-0.3, -0.25) is 33.7 Å². The molecular weight excluding hydrogens is 2000 g/mol. The molecule has 0 saturated carbocycles. The number of hydrogen-bond donors (Lipinski definition) is 11. The average Bonchev–Trinajstić information content (AvgIpc) is 1.70. The normalized spacial score (nSPS) is 16.5. The number of epoxide rings is 6. The van der Waals surface area contributed by atoms with Crippen molar-refractivity contribution in [2.45, 2.75) is 267 Å². The molecule has 7 rings (SSSR count). The van der Waals surface area contributed by atoms with E-state index in [2.05, 4.69) is 95.7 Å². The zero-order valence-electron chi connectivity index (χ0n) is 89.6. The van der Waals surface area contributed by atoms with Crippen LogP contribution in [0.1, 0.15) is 172 Å². The predicted molar refractivity (Wildman–Crippen MR) is 639 cm³/mol. The molecule has 16 atom stereocenters. The van der Waals surface area contributed by atoms with Crippen molar-refractivity contribution in [3.05, 3.63) is 12.3 Å². The molecule has 0 spiro atoms. The Balaban J connectivity index is -0.0000000829. The fourth-order valence-corrected chi connectivity index (χ4v) is 6.14. The molecule has 16 unspecified atom stereocenters. The SMILES string of the molecule is C.C=C(C)O.CC.CC(=O)OCCO.CC(=O)OCCOC(C)=O.CC(C)CO.CC(O)CO.CC1CO1.CC1CO1.CC1CO1.CC1CO1.CC1CO1.CCC(C)O.ClCC1CO1.O.[B]B([B])B([B])OC(CC)CCl.[B]B([B])B([B])[B]N=C=O.[B]O.[B]OCC(C)O.[B][B]B(B([B])[B])N1CC(C)OC1=O.[B][B]B([B])C(CC(C)O)B([B])[B].[B][B]B([B])NB([B])[B].[B][B]C(Cl)C(=O)O.[B][B]C(Cl)OC(=O)CCOC(=O)C(Cl)[B][B]. The molecule has 7 heterocycles. The second kappa shape index (κ2) is 135. The van der Waals surface area contributed by atoms with Crippen molar-refractivity contribution >= 4 is 392 Å². The van der Waals surface area contributed by atoms with Crippen molar-refractivity contribution in [3.63, 3.8) is 0 Å². The van der Waals surface area contributed by atoms with Gasteiger partial charge in [0.25, 0.3) is 16.1 Å². The zero-order chi connectivity index (χ0) is 119. The summed E-state index contributed by atoms with van der Waals surface area (Å²) in [5, 5.41) is 80.7. The molecule has 7 saturated heterocycles. The Morgan fingerprint density at radius 2 is 0.953 bits per heavy atom. The molecule has 80 heteroatoms. The summed E-state index contributed by atoms with van der Waals surface area (Å²) in [7, 11) is 121. The monoisotopic (exact) mass is 2140 g/mol. The largest absolute Gasteiger partial charge is 0.513 e. The number of aliphatic hydroxyl groups is 8. The number of ether oxygens (including phenoxy) is 12. The Morgan fingerprint density at radius 1 is 0.577 bits per heavy atom. The number of alkyl halides is 5. The molecule has 13 N–H and O–H groups in total. The van der Waals surface area contributed by atoms with Crippen LogP contribution < -0.4 is 5.14 Å². The number of aliphatic carboxylic acids is 1. The van der Waals surface area contributed by atoms with Crippen LogP contribution in [0.2, 0.25) is 5.72 Å². The first kappa shape index (κ1) is 186. The molecule has 1 amide bonds. The number of carboxylic acid groups (broad SMARTS) is 1. The van der Waals surface area contributed by atoms with E-state index < -0.39 is 117 Å². The highest BCUT2D eigenvalue weighted by atomic mass is 35.5. The Morgan fingerprint density at radius 3 is 1.12 bits per heavy atom. The number of rotatable bonds is 39. The lowest BCUT2D eigenvalue weighted by molar-refractivity contribution is -0.149. The van der Waals surface area contributed by atoms with Gasteiger partial charge in [0.2, 0.25) is 13.4 Å². The van der Waals surface area contributed by atoms with E-state index in [9.17, 15) is 38.4 Å². The van der Waals surface area contributed by atoms with Crippen molar-refractivity contribution in [3.8, 4) is 0 Å². The van der Waals surface area contributed by atoms with Crippen LogP contribution in [0.4, 0.5) is 4.79 Å². The number of carbonyl (C=O) groups is 7. The molecule has 779 valence electrons. The Kier molecular flexibility index (Phi) is 168. The van der Waals surface area contributed by atoms with Gasteiger partial charge in [-0.25, -0.2) is 9.59 Å². The number of nitrogens with one attached hydrogen (secondary N) is 1. The van der Waals surface area contributed by atoms with Crippen LogP contribution in [-0.2, 0) is 99.7 Å². The van der Waals surface area contributed by atoms with Gasteiger partial charge >= 0.3 is 41.9 Å². The molecule has 0 aromatic rings. The Bertz CT molecular complexity index is 2830. The summed E-state index contributed by atoms with van der Waals surface area (Å²) < 4.78 is 64.9. The summed E-state index contributed by atoms with van der Waals surface area (Å²) >= 11 is 26.7. The van der Waals surface area contributed by atoms with E-state index in [1.54, 1.807) is 27.7 Å². The first-order valence-corrected chi connectivity index (χ1v) is 48.1. The van der Waals surface area contributed by atoms with E-state index in [0.29, 0.717) is 73.9 Å². The van der Waals surface area contributed by atoms with Gasteiger partial charge in [0.1, 0.15) is 58.4 Å². The number of carboxylic acids is 1. The number of amides is 1. The summed E-state index contributed by atoms with van der Waals surface area (Å²) in [5.41, 5.74) is -1.17. The number of esters is 5. The van der Waals surface area contributed by atoms with Gasteiger partial charge in [-0.1, -0.05) is 67.1 Å². The fraction of sp³-hybridized carbons (Fsp3) is 0.855. The minimum atomic E-state index is -1.12. The van der Waals surface area contributed by atoms with Gasteiger partial charge in [-0.15, -0.1) is 52.1 Å². The molecule has 7 aliphatic rings. The van der Waals surface area contributed by atoms with Crippen LogP contribution in [0.3, 0.4) is 0 Å². The quantitative estimate of drug-likeness (QED) is 0.00313. The van der Waals surface area contributed by atoms with Crippen LogP contribution in [0.15, 0.2) is 17.2 Å². The number of aliphatic hydroxyl groups excluding tert-OH is 8. The van der Waals surface area contributed by atoms with Crippen LogP contribution >= 0.6 is 58.0 Å². The van der Waals surface area contributed by atoms with Gasteiger partial charge in [-0.05, 0) is 101 Å². The van der Waals surface area contributed by atoms with Gasteiger partial charge in [0.15, 0.2) is 13.3 Å². The van der Waals surface area contributed by atoms with Gasteiger partial charge < -0.3 is 133 Å². The Labute approximate surface area is 956 Å². The smallest absolute Gasteiger partial charge is 0.396 e. The highest BCUT2D eigenvalue weighted by Gasteiger charge is 2.36. The fourth-order valence-electron chi connectivity index (χ4n) is 5.50. The third-order valence-electron chi connectivity index (χ3n) is 13.9. The lowest BCUT2D eigenvalue weighted by atomic mass is 8.79. The molecule has 0 aliphatic carbocycles. The third kappa shape index (κ3) is 197. The minimum Gasteiger partial charge on any atom is -0.513 e. The average molecular weight is 2140 g/mol. The van der Waals surface area contributed by atoms with Gasteiger partial charge in [0.05, 0.1) is 177 Å². The second-order valence-corrected chi connectivity index (χ2v) is 32.3. The minimum absolute atomic E-state index is 0. The first-order chi connectivity index (χ1) is 68.3. The van der Waals surface area contributed by atoms with Crippen molar-refractivity contribution in [1.82, 2.24) is 9.95 Å². The van der Waals surface area contributed by atoms with Gasteiger partial charge in [0, 0.05) is 247 Å². The molecule has 36 nitrogen and oxygen atoms in total. The van der Waals surface area contributed by atoms with Crippen molar-refractivity contribution in [2.24, 2.45) is 10.8 Å². The van der Waals surface area contributed by atoms with Crippen molar-refractivity contribution < 1.29 is 161 Å². The van der Waals surface area contributed by atoms with E-state index in [1.165, 1.54) is 66.7 Å². The maximum Gasteiger partial charge on any atom is 0.396 e. The Hall–Kier alpha value is -1.73.